The number of pyridine rings is 4. The molecule has 1 fully saturated rings. The number of carbonyl (C=O) groups is 1. The summed E-state index contributed by atoms with van der Waals surface area (Å²) >= 11 is 0. The minimum atomic E-state index is -1.70. The van der Waals surface area contributed by atoms with Crippen LogP contribution in [0.15, 0.2) is 48.9 Å². The van der Waals surface area contributed by atoms with E-state index in [0.29, 0.717) is 39.5 Å². The number of halogens is 2. The number of carbonyl (C=O) groups excluding carboxylic acids is 1. The van der Waals surface area contributed by atoms with E-state index < -0.39 is 11.6 Å². The first-order valence-corrected chi connectivity index (χ1v) is 12.1. The first-order valence-electron chi connectivity index (χ1n) is 12.1. The number of ether oxygens (including phenoxy) is 1. The summed E-state index contributed by atoms with van der Waals surface area (Å²) in [7, 11) is 0. The Morgan fingerprint density at radius 1 is 1.16 bits per heavy atom. The number of aromatic nitrogens is 4. The van der Waals surface area contributed by atoms with Crippen molar-refractivity contribution in [3.05, 3.63) is 77.3 Å². The smallest absolute Gasteiger partial charge is 0.253 e. The molecule has 188 valence electrons. The second-order valence-electron chi connectivity index (χ2n) is 9.49. The average molecular weight is 503 g/mol. The van der Waals surface area contributed by atoms with Gasteiger partial charge >= 0.3 is 0 Å². The maximum Gasteiger partial charge on any atom is 0.253 e. The van der Waals surface area contributed by atoms with Crippen molar-refractivity contribution < 1.29 is 18.3 Å². The molecule has 1 N–H and O–H groups in total. The predicted molar refractivity (Wildman–Crippen MR) is 133 cm³/mol. The van der Waals surface area contributed by atoms with Crippen LogP contribution in [0.25, 0.3) is 22.2 Å². The lowest BCUT2D eigenvalue weighted by Crippen LogP contribution is -2.38. The van der Waals surface area contributed by atoms with E-state index in [4.69, 9.17) is 4.74 Å². The fraction of sp³-hybridized carbons (Fsp3) is 0.296. The molecule has 0 aliphatic carbocycles. The molecule has 4 aromatic rings. The third-order valence-electron chi connectivity index (χ3n) is 6.77. The van der Waals surface area contributed by atoms with Crippen molar-refractivity contribution in [1.82, 2.24) is 25.3 Å². The molecule has 2 aliphatic rings. The van der Waals surface area contributed by atoms with Crippen LogP contribution in [0.5, 0.6) is 0 Å². The van der Waals surface area contributed by atoms with Gasteiger partial charge in [0.1, 0.15) is 0 Å². The highest BCUT2D eigenvalue weighted by Gasteiger charge is 2.34. The summed E-state index contributed by atoms with van der Waals surface area (Å²) in [5.74, 6) is -0.426. The van der Waals surface area contributed by atoms with Crippen LogP contribution in [-0.4, -0.2) is 45.5 Å². The van der Waals surface area contributed by atoms with E-state index in [-0.39, 0.29) is 31.1 Å². The van der Waals surface area contributed by atoms with E-state index in [0.717, 1.165) is 24.9 Å². The van der Waals surface area contributed by atoms with Crippen molar-refractivity contribution >= 4 is 22.6 Å². The van der Waals surface area contributed by atoms with Gasteiger partial charge in [0.2, 0.25) is 0 Å². The number of amides is 1. The van der Waals surface area contributed by atoms with E-state index in [9.17, 15) is 9.18 Å². The second-order valence-corrected chi connectivity index (χ2v) is 9.49. The van der Waals surface area contributed by atoms with Crippen molar-refractivity contribution in [1.29, 1.82) is 0 Å². The molecule has 1 saturated heterocycles. The normalized spacial score (nSPS) is 18.8. The Hall–Kier alpha value is -4.05. The van der Waals surface area contributed by atoms with E-state index >= 15 is 4.39 Å². The average Bonchev–Trinajstić information content (AvgIpc) is 2.87. The summed E-state index contributed by atoms with van der Waals surface area (Å²) in [5.41, 5.74) is 1.51. The first-order chi connectivity index (χ1) is 17.9. The molecule has 0 unspecified atom stereocenters. The van der Waals surface area contributed by atoms with Gasteiger partial charge in [0.25, 0.3) is 5.91 Å². The highest BCUT2D eigenvalue weighted by Crippen LogP contribution is 2.33. The molecule has 4 aromatic heterocycles. The monoisotopic (exact) mass is 502 g/mol. The molecule has 6 heterocycles. The molecule has 37 heavy (non-hydrogen) atoms. The number of hydrogen-bond donors (Lipinski definition) is 1. The Kier molecular flexibility index (Phi) is 5.75. The molecular weight excluding hydrogens is 478 g/mol. The summed E-state index contributed by atoms with van der Waals surface area (Å²) in [6, 6.07) is 8.51. The zero-order chi connectivity index (χ0) is 25.6. The molecule has 0 spiro atoms. The van der Waals surface area contributed by atoms with E-state index in [1.807, 2.05) is 11.0 Å². The minimum absolute atomic E-state index is 0.0777. The summed E-state index contributed by atoms with van der Waals surface area (Å²) in [5, 5.41) is 3.60. The third-order valence-corrected chi connectivity index (χ3v) is 6.77. The molecule has 2 aliphatic heterocycles. The Morgan fingerprint density at radius 3 is 2.84 bits per heavy atom. The minimum Gasteiger partial charge on any atom is -0.371 e. The summed E-state index contributed by atoms with van der Waals surface area (Å²) in [4.78, 5) is 32.2. The lowest BCUT2D eigenvalue weighted by atomic mass is 9.94. The molecule has 0 radical (unpaired) electrons. The lowest BCUT2D eigenvalue weighted by Gasteiger charge is -2.32. The maximum atomic E-state index is 15.2. The number of nitrogens with one attached hydrogen (secondary N) is 1. The van der Waals surface area contributed by atoms with Gasteiger partial charge in [0.15, 0.2) is 17.3 Å². The van der Waals surface area contributed by atoms with Gasteiger partial charge in [-0.15, -0.1) is 0 Å². The van der Waals surface area contributed by atoms with Gasteiger partial charge in [-0.1, -0.05) is 0 Å². The SMILES string of the molecule is C[C@@]1(F)COCc2ncc(C(=O)NCc3cc4nc(-c5ccnc(N6CCC6)c5F)ccc4cn3)cc21. The molecule has 8 nitrogen and oxygen atoms in total. The number of fused-ring (bicyclic) bond motifs is 2. The quantitative estimate of drug-likeness (QED) is 0.440. The molecule has 0 saturated carbocycles. The Balaban J connectivity index is 1.22. The number of alkyl halides is 1. The maximum absolute atomic E-state index is 15.2. The van der Waals surface area contributed by atoms with Gasteiger partial charge in [0, 0.05) is 48.2 Å². The number of anilines is 1. The summed E-state index contributed by atoms with van der Waals surface area (Å²) < 4.78 is 35.3. The van der Waals surface area contributed by atoms with Crippen LogP contribution >= 0.6 is 0 Å². The number of hydrogen-bond acceptors (Lipinski definition) is 7. The molecule has 10 heteroatoms. The van der Waals surface area contributed by atoms with Crippen LogP contribution in [0.2, 0.25) is 0 Å². The number of nitrogens with zero attached hydrogens (tertiary/aromatic N) is 5. The Morgan fingerprint density at radius 2 is 2.03 bits per heavy atom. The van der Waals surface area contributed by atoms with Crippen LogP contribution in [0.1, 0.15) is 40.7 Å². The van der Waals surface area contributed by atoms with Crippen LogP contribution in [0.3, 0.4) is 0 Å². The molecule has 1 amide bonds. The van der Waals surface area contributed by atoms with Gasteiger partial charge in [-0.05, 0) is 43.7 Å². The van der Waals surface area contributed by atoms with Crippen LogP contribution in [-0.2, 0) is 23.6 Å². The van der Waals surface area contributed by atoms with Crippen molar-refractivity contribution in [3.63, 3.8) is 0 Å². The highest BCUT2D eigenvalue weighted by molar-refractivity contribution is 5.94. The molecule has 0 bridgehead atoms. The van der Waals surface area contributed by atoms with E-state index in [1.165, 1.54) is 19.2 Å². The second kappa shape index (κ2) is 9.11. The molecule has 6 rings (SSSR count). The van der Waals surface area contributed by atoms with Crippen molar-refractivity contribution in [2.75, 3.05) is 24.6 Å². The van der Waals surface area contributed by atoms with Gasteiger partial charge in [-0.3, -0.25) is 14.8 Å². The molecular formula is C27H24F2N6O2. The molecule has 0 aromatic carbocycles. The lowest BCUT2D eigenvalue weighted by molar-refractivity contribution is -0.00692. The topological polar surface area (TPSA) is 93.1 Å². The van der Waals surface area contributed by atoms with E-state index in [2.05, 4.69) is 25.3 Å². The Labute approximate surface area is 211 Å². The van der Waals surface area contributed by atoms with Crippen molar-refractivity contribution in [2.24, 2.45) is 0 Å². The molecule has 1 atom stereocenters. The van der Waals surface area contributed by atoms with Gasteiger partial charge in [-0.2, -0.15) is 0 Å². The van der Waals surface area contributed by atoms with Crippen molar-refractivity contribution in [3.8, 4) is 11.3 Å². The Bertz CT molecular complexity index is 1520. The third kappa shape index (κ3) is 4.37. The van der Waals surface area contributed by atoms with Crippen molar-refractivity contribution in [2.45, 2.75) is 32.2 Å². The predicted octanol–water partition coefficient (Wildman–Crippen LogP) is 4.08. The van der Waals surface area contributed by atoms with Crippen LogP contribution in [0, 0.1) is 5.82 Å². The van der Waals surface area contributed by atoms with Crippen LogP contribution < -0.4 is 10.2 Å². The zero-order valence-corrected chi connectivity index (χ0v) is 20.2. The highest BCUT2D eigenvalue weighted by atomic mass is 19.1. The number of rotatable bonds is 5. The van der Waals surface area contributed by atoms with Gasteiger partial charge in [-0.25, -0.2) is 18.7 Å². The van der Waals surface area contributed by atoms with Gasteiger partial charge in [0.05, 0.1) is 47.9 Å². The van der Waals surface area contributed by atoms with E-state index in [1.54, 1.807) is 30.6 Å². The zero-order valence-electron chi connectivity index (χ0n) is 20.2. The largest absolute Gasteiger partial charge is 0.371 e. The fourth-order valence-electron chi connectivity index (χ4n) is 4.56. The standard InChI is InChI=1S/C27H24F2N6O2/c1-27(29)15-37-14-23-20(27)9-17(12-32-23)26(36)33-13-18-10-22-16(11-31-18)3-4-21(34-22)19-5-6-30-25(24(19)28)35-7-2-8-35/h3-6,9-12H,2,7-8,13-15H2,1H3,(H,33,36)/t27-/m1/s1. The summed E-state index contributed by atoms with van der Waals surface area (Å²) in [6.07, 6.45) is 5.70. The van der Waals surface area contributed by atoms with Crippen LogP contribution in [0.4, 0.5) is 14.6 Å². The summed E-state index contributed by atoms with van der Waals surface area (Å²) in [6.45, 7) is 3.28. The van der Waals surface area contributed by atoms with Gasteiger partial charge < -0.3 is 15.0 Å². The fourth-order valence-corrected chi connectivity index (χ4v) is 4.56. The first kappa shape index (κ1) is 23.4.